The summed E-state index contributed by atoms with van der Waals surface area (Å²) in [6, 6.07) is 7.44. The number of halogens is 2. The highest BCUT2D eigenvalue weighted by Crippen LogP contribution is 2.51. The highest BCUT2D eigenvalue weighted by atomic mass is 31.2. The highest BCUT2D eigenvalue weighted by Gasteiger charge is 2.58. The van der Waals surface area contributed by atoms with Gasteiger partial charge in [0.25, 0.3) is 0 Å². The Kier molecular flexibility index (Phi) is 8.83. The number of rotatable bonds is 10. The normalized spacial score (nSPS) is 26.0. The predicted molar refractivity (Wildman–Crippen MR) is 133 cm³/mol. The van der Waals surface area contributed by atoms with Gasteiger partial charge >= 0.3 is 24.9 Å². The lowest BCUT2D eigenvalue weighted by Crippen LogP contribution is -2.45. The third-order valence-corrected chi connectivity index (χ3v) is 7.11. The Morgan fingerprint density at radius 1 is 1.36 bits per heavy atom. The first kappa shape index (κ1) is 27.2. The summed E-state index contributed by atoms with van der Waals surface area (Å²) >= 11 is 0. The molecule has 2 N–H and O–H groups in total. The highest BCUT2D eigenvalue weighted by molar-refractivity contribution is 7.54. The summed E-state index contributed by atoms with van der Waals surface area (Å²) in [6.07, 6.45) is -7.82. The molecule has 1 aromatic carbocycles. The SMILES string of the molecule is [2H]C([2H])(O[P@@](=O)(C[C@@H](C)C(=O)OC(C)C)Oc1ccccc1)[C@H]1O[C@@H](n2cnc(=O)[nH]c2=O)C(F)(C#CCF)[C@H]1O. The summed E-state index contributed by atoms with van der Waals surface area (Å²) < 4.78 is 81.5. The first-order chi connectivity index (χ1) is 19.1. The molecular weight excluding hydrogens is 543 g/mol. The Balaban J connectivity index is 2.01. The first-order valence-corrected chi connectivity index (χ1v) is 13.4. The maximum atomic E-state index is 16.1. The summed E-state index contributed by atoms with van der Waals surface area (Å²) in [5.74, 6) is 1.61. The van der Waals surface area contributed by atoms with Gasteiger partial charge in [-0.05, 0) is 26.0 Å². The lowest BCUT2D eigenvalue weighted by atomic mass is 9.96. The van der Waals surface area contributed by atoms with Crippen LogP contribution in [0.1, 0.15) is 29.7 Å². The topological polar surface area (TPSA) is 159 Å². The molecule has 1 fully saturated rings. The van der Waals surface area contributed by atoms with Gasteiger partial charge in [0.15, 0.2) is 6.23 Å². The summed E-state index contributed by atoms with van der Waals surface area (Å²) in [5.41, 5.74) is -5.69. The first-order valence-electron chi connectivity index (χ1n) is 12.6. The van der Waals surface area contributed by atoms with Crippen LogP contribution < -0.4 is 15.9 Å². The van der Waals surface area contributed by atoms with Crippen molar-refractivity contribution in [3.63, 3.8) is 0 Å². The Hall–Kier alpha value is -3.37. The molecule has 0 radical (unpaired) electrons. The van der Waals surface area contributed by atoms with Crippen molar-refractivity contribution in [1.29, 1.82) is 0 Å². The van der Waals surface area contributed by atoms with E-state index in [1.165, 1.54) is 31.2 Å². The van der Waals surface area contributed by atoms with Gasteiger partial charge in [-0.25, -0.2) is 22.9 Å². The van der Waals surface area contributed by atoms with E-state index in [-0.39, 0.29) is 5.75 Å². The largest absolute Gasteiger partial charge is 0.463 e. The molecule has 1 unspecified atom stereocenters. The van der Waals surface area contributed by atoms with Crippen LogP contribution >= 0.6 is 7.60 Å². The van der Waals surface area contributed by atoms with Crippen LogP contribution in [0.15, 0.2) is 46.2 Å². The number of hydrogen-bond acceptors (Lipinski definition) is 10. The maximum Gasteiger partial charge on any atom is 0.380 e. The molecule has 0 saturated carbocycles. The molecule has 0 bridgehead atoms. The minimum Gasteiger partial charge on any atom is -0.463 e. The van der Waals surface area contributed by atoms with Gasteiger partial charge in [-0.15, -0.1) is 0 Å². The molecule has 212 valence electrons. The predicted octanol–water partition coefficient (Wildman–Crippen LogP) is 1.75. The zero-order chi connectivity index (χ0) is 30.6. The Labute approximate surface area is 224 Å². The molecule has 1 saturated heterocycles. The van der Waals surface area contributed by atoms with Crippen molar-refractivity contribution < 1.29 is 44.5 Å². The number of para-hydroxylation sites is 1. The van der Waals surface area contributed by atoms with Gasteiger partial charge in [-0.1, -0.05) is 37.0 Å². The van der Waals surface area contributed by atoms with Crippen LogP contribution in [0.3, 0.4) is 0 Å². The van der Waals surface area contributed by atoms with Crippen LogP contribution in [0.2, 0.25) is 0 Å². The van der Waals surface area contributed by atoms with E-state index >= 15 is 4.39 Å². The van der Waals surface area contributed by atoms with E-state index < -0.39 is 80.5 Å². The van der Waals surface area contributed by atoms with Crippen LogP contribution in [0.5, 0.6) is 5.75 Å². The molecule has 2 aromatic rings. The second-order valence-electron chi connectivity index (χ2n) is 8.74. The quantitative estimate of drug-likeness (QED) is 0.244. The smallest absolute Gasteiger partial charge is 0.380 e. The molecule has 0 aliphatic carbocycles. The van der Waals surface area contributed by atoms with Gasteiger partial charge in [-0.2, -0.15) is 4.98 Å². The molecule has 0 amide bonds. The van der Waals surface area contributed by atoms with E-state index in [4.69, 9.17) is 21.3 Å². The van der Waals surface area contributed by atoms with Crippen LogP contribution in [0, 0.1) is 17.8 Å². The lowest BCUT2D eigenvalue weighted by Gasteiger charge is -2.24. The number of aliphatic hydroxyl groups excluding tert-OH is 1. The average Bonchev–Trinajstić information content (AvgIpc) is 3.13. The van der Waals surface area contributed by atoms with Gasteiger partial charge in [0.1, 0.15) is 31.0 Å². The molecule has 0 spiro atoms. The molecule has 39 heavy (non-hydrogen) atoms. The van der Waals surface area contributed by atoms with Crippen LogP contribution in [0.25, 0.3) is 0 Å². The summed E-state index contributed by atoms with van der Waals surface area (Å²) in [5, 5.41) is 10.8. The second-order valence-corrected chi connectivity index (χ2v) is 10.7. The van der Waals surface area contributed by atoms with Crippen LogP contribution in [-0.2, 0) is 23.4 Å². The number of aliphatic hydroxyl groups is 1. The van der Waals surface area contributed by atoms with Crippen molar-refractivity contribution in [1.82, 2.24) is 14.5 Å². The van der Waals surface area contributed by atoms with Crippen molar-refractivity contribution in [2.45, 2.75) is 51.0 Å². The minimum atomic E-state index is -4.68. The fourth-order valence-electron chi connectivity index (χ4n) is 3.49. The number of H-pyrrole nitrogens is 1. The number of nitrogens with one attached hydrogen (secondary N) is 1. The third-order valence-electron chi connectivity index (χ3n) is 5.25. The van der Waals surface area contributed by atoms with E-state index in [0.29, 0.717) is 10.9 Å². The van der Waals surface area contributed by atoms with E-state index in [1.807, 2.05) is 0 Å². The maximum absolute atomic E-state index is 16.1. The standard InChI is InChI=1S/C24H28F2N3O9P/c1-15(2)36-20(31)16(3)13-39(34,38-17-8-5-4-6-9-17)35-12-18-19(30)24(26,10-7-11-25)21(37-18)29-14-27-22(32)28-23(29)33/h4-6,8-9,14-16,18-19,21,30H,11-13H2,1-3H3,(H,28,32,33)/t16-,18-,19+,21-,24?,39+/m1/s1/i12D2. The average molecular weight is 573 g/mol. The van der Waals surface area contributed by atoms with Crippen molar-refractivity contribution in [2.24, 2.45) is 5.92 Å². The Morgan fingerprint density at radius 2 is 2.05 bits per heavy atom. The number of carbonyl (C=O) groups is 1. The molecule has 2 heterocycles. The van der Waals surface area contributed by atoms with E-state index in [9.17, 15) is 28.4 Å². The molecule has 1 aliphatic rings. The van der Waals surface area contributed by atoms with Gasteiger partial charge < -0.3 is 19.1 Å². The Bertz CT molecular complexity index is 1460. The molecule has 3 rings (SSSR count). The number of carbonyl (C=O) groups excluding carboxylic acids is 1. The van der Waals surface area contributed by atoms with E-state index in [0.717, 1.165) is 0 Å². The molecule has 1 aromatic heterocycles. The van der Waals surface area contributed by atoms with Crippen molar-refractivity contribution in [3.05, 3.63) is 57.6 Å². The lowest BCUT2D eigenvalue weighted by molar-refractivity contribution is -0.151. The fraction of sp³-hybridized carbons (Fsp3) is 0.500. The number of esters is 1. The van der Waals surface area contributed by atoms with Crippen LogP contribution in [0.4, 0.5) is 8.78 Å². The van der Waals surface area contributed by atoms with Gasteiger partial charge in [-0.3, -0.25) is 18.9 Å². The summed E-state index contributed by atoms with van der Waals surface area (Å²) in [7, 11) is -4.68. The van der Waals surface area contributed by atoms with Crippen LogP contribution in [-0.4, -0.2) is 69.0 Å². The van der Waals surface area contributed by atoms with Crippen molar-refractivity contribution in [3.8, 4) is 17.6 Å². The van der Waals surface area contributed by atoms with Gasteiger partial charge in [0, 0.05) is 0 Å². The zero-order valence-corrected chi connectivity index (χ0v) is 22.0. The monoisotopic (exact) mass is 573 g/mol. The number of ether oxygens (including phenoxy) is 2. The summed E-state index contributed by atoms with van der Waals surface area (Å²) in [4.78, 5) is 41.2. The van der Waals surface area contributed by atoms with Gasteiger partial charge in [0.05, 0.1) is 27.5 Å². The summed E-state index contributed by atoms with van der Waals surface area (Å²) in [6.45, 7) is -0.187. The fourth-order valence-corrected chi connectivity index (χ4v) is 5.21. The number of hydrogen-bond donors (Lipinski definition) is 2. The van der Waals surface area contributed by atoms with Crippen molar-refractivity contribution in [2.75, 3.05) is 19.4 Å². The zero-order valence-electron chi connectivity index (χ0n) is 23.1. The van der Waals surface area contributed by atoms with Gasteiger partial charge in [0.2, 0.25) is 5.67 Å². The number of aromatic nitrogens is 3. The number of alkyl halides is 2. The number of benzene rings is 1. The minimum absolute atomic E-state index is 0.0265. The number of aromatic amines is 1. The van der Waals surface area contributed by atoms with E-state index in [2.05, 4.69) is 4.98 Å². The third kappa shape index (κ3) is 7.39. The molecule has 1 aliphatic heterocycles. The molecular formula is C24H28F2N3O9P. The molecule has 6 atom stereocenters. The van der Waals surface area contributed by atoms with Crippen molar-refractivity contribution >= 4 is 13.6 Å². The van der Waals surface area contributed by atoms with E-state index in [1.54, 1.807) is 36.7 Å². The molecule has 15 heteroatoms. The second kappa shape index (κ2) is 12.7. The number of nitrogens with zero attached hydrogens (tertiary/aromatic N) is 2. The molecule has 12 nitrogen and oxygen atoms in total. The Morgan fingerprint density at radius 3 is 2.67 bits per heavy atom.